The van der Waals surface area contributed by atoms with Gasteiger partial charge in [-0.1, -0.05) is 35.9 Å². The van der Waals surface area contributed by atoms with Crippen molar-refractivity contribution < 1.29 is 0 Å². The van der Waals surface area contributed by atoms with Gasteiger partial charge in [0, 0.05) is 36.4 Å². The lowest BCUT2D eigenvalue weighted by molar-refractivity contribution is 0.681. The Morgan fingerprint density at radius 3 is 2.83 bits per heavy atom. The lowest BCUT2D eigenvalue weighted by Crippen LogP contribution is -2.16. The monoisotopic (exact) mass is 325 g/mol. The number of halogens is 1. The van der Waals surface area contributed by atoms with E-state index in [1.165, 1.54) is 16.7 Å². The van der Waals surface area contributed by atoms with Gasteiger partial charge in [0.2, 0.25) is 0 Å². The predicted molar refractivity (Wildman–Crippen MR) is 95.6 cm³/mol. The summed E-state index contributed by atoms with van der Waals surface area (Å²) < 4.78 is 0. The summed E-state index contributed by atoms with van der Waals surface area (Å²) in [6, 6.07) is 14.7. The zero-order valence-corrected chi connectivity index (χ0v) is 13.9. The first-order valence-electron chi connectivity index (χ1n) is 7.75. The molecule has 0 aliphatic carbocycles. The van der Waals surface area contributed by atoms with E-state index in [1.807, 2.05) is 18.3 Å². The highest BCUT2D eigenvalue weighted by Gasteiger charge is 2.02. The van der Waals surface area contributed by atoms with Crippen molar-refractivity contribution in [3.8, 4) is 11.1 Å². The van der Waals surface area contributed by atoms with E-state index >= 15 is 0 Å². The van der Waals surface area contributed by atoms with Crippen LogP contribution in [0.15, 0.2) is 55.0 Å². The highest BCUT2D eigenvalue weighted by atomic mass is 35.5. The maximum Gasteiger partial charge on any atom is 0.0921 e. The molecule has 2 aromatic carbocycles. The van der Waals surface area contributed by atoms with Crippen molar-refractivity contribution in [1.82, 2.24) is 15.3 Å². The third-order valence-corrected chi connectivity index (χ3v) is 3.98. The Morgan fingerprint density at radius 1 is 1.13 bits per heavy atom. The van der Waals surface area contributed by atoms with Crippen molar-refractivity contribution in [3.63, 3.8) is 0 Å². The molecule has 4 heteroatoms. The molecule has 3 aromatic rings. The van der Waals surface area contributed by atoms with Crippen LogP contribution in [0, 0.1) is 6.92 Å². The van der Waals surface area contributed by atoms with E-state index in [0.717, 1.165) is 35.8 Å². The molecule has 23 heavy (non-hydrogen) atoms. The largest absolute Gasteiger partial charge is 0.348 e. The minimum atomic E-state index is 0.781. The third kappa shape index (κ3) is 4.44. The molecular weight excluding hydrogens is 306 g/mol. The molecule has 0 saturated heterocycles. The zero-order valence-electron chi connectivity index (χ0n) is 13.1. The molecule has 0 radical (unpaired) electrons. The van der Waals surface area contributed by atoms with E-state index in [-0.39, 0.29) is 0 Å². The van der Waals surface area contributed by atoms with Crippen LogP contribution in [-0.4, -0.2) is 16.5 Å². The number of H-pyrrole nitrogens is 1. The number of aryl methyl sites for hydroxylation is 1. The van der Waals surface area contributed by atoms with Crippen LogP contribution in [0.1, 0.15) is 16.8 Å². The smallest absolute Gasteiger partial charge is 0.0921 e. The summed E-state index contributed by atoms with van der Waals surface area (Å²) >= 11 is 6.17. The van der Waals surface area contributed by atoms with Crippen LogP contribution >= 0.6 is 11.6 Å². The molecule has 0 spiro atoms. The topological polar surface area (TPSA) is 40.7 Å². The molecule has 0 aliphatic heterocycles. The number of hydrogen-bond acceptors (Lipinski definition) is 2. The summed E-state index contributed by atoms with van der Waals surface area (Å²) in [6.07, 6.45) is 4.53. The molecule has 118 valence electrons. The van der Waals surface area contributed by atoms with Crippen LogP contribution in [-0.2, 0) is 13.0 Å². The van der Waals surface area contributed by atoms with Gasteiger partial charge < -0.3 is 10.3 Å². The van der Waals surface area contributed by atoms with E-state index in [9.17, 15) is 0 Å². The summed E-state index contributed by atoms with van der Waals surface area (Å²) in [7, 11) is 0. The van der Waals surface area contributed by atoms with Gasteiger partial charge in [0.15, 0.2) is 0 Å². The van der Waals surface area contributed by atoms with Crippen molar-refractivity contribution in [2.75, 3.05) is 6.54 Å². The summed E-state index contributed by atoms with van der Waals surface area (Å²) in [5.74, 6) is 0. The van der Waals surface area contributed by atoms with Crippen LogP contribution in [0.3, 0.4) is 0 Å². The van der Waals surface area contributed by atoms with Crippen molar-refractivity contribution in [1.29, 1.82) is 0 Å². The quantitative estimate of drug-likeness (QED) is 0.661. The van der Waals surface area contributed by atoms with Crippen molar-refractivity contribution in [2.45, 2.75) is 19.9 Å². The lowest BCUT2D eigenvalue weighted by atomic mass is 10.0. The number of imidazole rings is 1. The molecular formula is C19H20ClN3. The SMILES string of the molecule is Cc1cc(Cl)cc(-c2cccc(CNCCc3cnc[nH]3)c2)c1. The van der Waals surface area contributed by atoms with E-state index in [0.29, 0.717) is 0 Å². The van der Waals surface area contributed by atoms with Crippen molar-refractivity contribution in [3.05, 3.63) is 76.8 Å². The minimum absolute atomic E-state index is 0.781. The van der Waals surface area contributed by atoms with Crippen molar-refractivity contribution >= 4 is 11.6 Å². The van der Waals surface area contributed by atoms with Gasteiger partial charge in [-0.2, -0.15) is 0 Å². The van der Waals surface area contributed by atoms with Gasteiger partial charge in [-0.05, 0) is 47.4 Å². The Hall–Kier alpha value is -2.10. The third-order valence-electron chi connectivity index (χ3n) is 3.76. The average molecular weight is 326 g/mol. The van der Waals surface area contributed by atoms with Gasteiger partial charge >= 0.3 is 0 Å². The Bertz CT molecular complexity index is 746. The van der Waals surface area contributed by atoms with Gasteiger partial charge in [0.1, 0.15) is 0 Å². The molecule has 2 N–H and O–H groups in total. The standard InChI is InChI=1S/C19H20ClN3/c1-14-7-17(10-18(20)8-14)16-4-2-3-15(9-16)11-21-6-5-19-12-22-13-23-19/h2-4,7-10,12-13,21H,5-6,11H2,1H3,(H,22,23). The average Bonchev–Trinajstić information content (AvgIpc) is 3.04. The van der Waals surface area contributed by atoms with Crippen LogP contribution in [0.25, 0.3) is 11.1 Å². The molecule has 0 saturated carbocycles. The fourth-order valence-electron chi connectivity index (χ4n) is 2.64. The number of rotatable bonds is 6. The van der Waals surface area contributed by atoms with E-state index in [2.05, 4.69) is 52.5 Å². The zero-order chi connectivity index (χ0) is 16.1. The molecule has 0 amide bonds. The summed E-state index contributed by atoms with van der Waals surface area (Å²) in [5, 5.41) is 4.25. The van der Waals surface area contributed by atoms with E-state index < -0.39 is 0 Å². The molecule has 0 aliphatic rings. The molecule has 1 aromatic heterocycles. The fourth-order valence-corrected chi connectivity index (χ4v) is 2.93. The van der Waals surface area contributed by atoms with Gasteiger partial charge in [0.05, 0.1) is 6.33 Å². The Kier molecular flexibility index (Phi) is 5.11. The Morgan fingerprint density at radius 2 is 2.04 bits per heavy atom. The Labute approximate surface area is 141 Å². The van der Waals surface area contributed by atoms with Crippen LogP contribution in [0.2, 0.25) is 5.02 Å². The normalized spacial score (nSPS) is 10.9. The fraction of sp³-hybridized carbons (Fsp3) is 0.211. The van der Waals surface area contributed by atoms with Crippen LogP contribution in [0.4, 0.5) is 0 Å². The molecule has 1 heterocycles. The Balaban J connectivity index is 1.63. The molecule has 3 rings (SSSR count). The molecule has 0 unspecified atom stereocenters. The highest BCUT2D eigenvalue weighted by molar-refractivity contribution is 6.30. The van der Waals surface area contributed by atoms with Crippen LogP contribution < -0.4 is 5.32 Å². The van der Waals surface area contributed by atoms with Crippen LogP contribution in [0.5, 0.6) is 0 Å². The second-order valence-electron chi connectivity index (χ2n) is 5.72. The number of nitrogens with one attached hydrogen (secondary N) is 2. The van der Waals surface area contributed by atoms with Crippen molar-refractivity contribution in [2.24, 2.45) is 0 Å². The van der Waals surface area contributed by atoms with Gasteiger partial charge in [-0.3, -0.25) is 0 Å². The van der Waals surface area contributed by atoms with E-state index in [1.54, 1.807) is 6.33 Å². The number of aromatic amines is 1. The minimum Gasteiger partial charge on any atom is -0.348 e. The first kappa shape index (κ1) is 15.8. The maximum atomic E-state index is 6.17. The molecule has 3 nitrogen and oxygen atoms in total. The van der Waals surface area contributed by atoms with Gasteiger partial charge in [-0.15, -0.1) is 0 Å². The second-order valence-corrected chi connectivity index (χ2v) is 6.16. The number of benzene rings is 2. The number of aromatic nitrogens is 2. The summed E-state index contributed by atoms with van der Waals surface area (Å²) in [5.41, 5.74) is 5.96. The second kappa shape index (κ2) is 7.44. The van der Waals surface area contributed by atoms with Gasteiger partial charge in [0.25, 0.3) is 0 Å². The summed E-state index contributed by atoms with van der Waals surface area (Å²) in [6.45, 7) is 3.83. The lowest BCUT2D eigenvalue weighted by Gasteiger charge is -2.08. The maximum absolute atomic E-state index is 6.17. The highest BCUT2D eigenvalue weighted by Crippen LogP contribution is 2.25. The van der Waals surface area contributed by atoms with Gasteiger partial charge in [-0.25, -0.2) is 4.98 Å². The first-order chi connectivity index (χ1) is 11.2. The number of hydrogen-bond donors (Lipinski definition) is 2. The number of nitrogens with zero attached hydrogens (tertiary/aromatic N) is 1. The molecule has 0 fully saturated rings. The molecule has 0 atom stereocenters. The molecule has 0 bridgehead atoms. The predicted octanol–water partition coefficient (Wildman–Crippen LogP) is 4.37. The van der Waals surface area contributed by atoms with E-state index in [4.69, 9.17) is 11.6 Å². The first-order valence-corrected chi connectivity index (χ1v) is 8.13. The summed E-state index contributed by atoms with van der Waals surface area (Å²) in [4.78, 5) is 7.14.